The van der Waals surface area contributed by atoms with Crippen LogP contribution < -0.4 is 0 Å². The summed E-state index contributed by atoms with van der Waals surface area (Å²) < 4.78 is 0. The maximum absolute atomic E-state index is 2.88. The summed E-state index contributed by atoms with van der Waals surface area (Å²) >= 11 is 0. The van der Waals surface area contributed by atoms with E-state index in [2.05, 4.69) is 340 Å². The Labute approximate surface area is 644 Å². The van der Waals surface area contributed by atoms with E-state index in [1.807, 2.05) is 0 Å². The maximum Gasteiger partial charge on any atom is 0.0722 e. The topological polar surface area (TPSA) is 0 Å². The fourth-order valence-electron chi connectivity index (χ4n) is 23.2. The Kier molecular flexibility index (Phi) is 21.2. The molecule has 2 heteroatoms. The first-order valence-electron chi connectivity index (χ1n) is 41.8. The lowest BCUT2D eigenvalue weighted by Gasteiger charge is -2.47. The van der Waals surface area contributed by atoms with Gasteiger partial charge in [-0.05, 0) is 292 Å². The molecule has 0 amide bonds. The van der Waals surface area contributed by atoms with Crippen LogP contribution in [0.3, 0.4) is 0 Å². The minimum atomic E-state index is -2.05. The second-order valence-electron chi connectivity index (χ2n) is 42.4. The molecule has 6 aromatic carbocycles. The van der Waals surface area contributed by atoms with Crippen LogP contribution in [-0.2, 0) is 39.9 Å². The van der Waals surface area contributed by atoms with Crippen molar-refractivity contribution in [2.75, 3.05) is 0 Å². The van der Waals surface area contributed by atoms with Crippen molar-refractivity contribution in [3.05, 3.63) is 233 Å². The van der Waals surface area contributed by atoms with E-state index in [0.29, 0.717) is 34.8 Å². The standard InChI is InChI=1S/C50H70Si.C50H62Si.C3H8/c2*1-30-26-39-42(29-43(50(10,11)12)32(3)44(39)33-18-22-36(23-19-33)48(4,5)6)47(30)51(13,14)46-31(2)27-40-41(46)28-35-16-15-17-38(35)45(40)34-20-24-37(25-21-34)49(7,8)9;1-3-2/h18-25,28-31,39-42,46-47H,15-17,26-27H2,1-14H3;18-29,46-47H,15-17H2,1-14H3;3H2,1-2H3. The van der Waals surface area contributed by atoms with Gasteiger partial charge in [-0.25, -0.2) is 0 Å². The van der Waals surface area contributed by atoms with E-state index in [9.17, 15) is 0 Å². The van der Waals surface area contributed by atoms with Crippen molar-refractivity contribution in [1.29, 1.82) is 0 Å². The first kappa shape index (κ1) is 78.8. The van der Waals surface area contributed by atoms with Gasteiger partial charge in [0.05, 0.1) is 16.1 Å². The molecule has 8 aliphatic rings. The third-order valence-electron chi connectivity index (χ3n) is 27.6. The highest BCUT2D eigenvalue weighted by molar-refractivity contribution is 6.82. The Bertz CT molecular complexity index is 4470. The lowest BCUT2D eigenvalue weighted by Crippen LogP contribution is -2.46. The fraction of sp³-hybridized carbons (Fsp3) is 0.534. The zero-order valence-corrected chi connectivity index (χ0v) is 73.8. The van der Waals surface area contributed by atoms with Gasteiger partial charge in [-0.2, -0.15) is 0 Å². The van der Waals surface area contributed by atoms with Gasteiger partial charge in [0.2, 0.25) is 0 Å². The Balaban J connectivity index is 0.000000190. The molecule has 105 heavy (non-hydrogen) atoms. The van der Waals surface area contributed by atoms with Gasteiger partial charge in [-0.15, -0.1) is 0 Å². The summed E-state index contributed by atoms with van der Waals surface area (Å²) in [6, 6.07) is 44.1. The molecule has 0 N–H and O–H groups in total. The highest BCUT2D eigenvalue weighted by Crippen LogP contribution is 2.68. The Morgan fingerprint density at radius 3 is 1.24 bits per heavy atom. The first-order valence-corrected chi connectivity index (χ1v) is 48.2. The van der Waals surface area contributed by atoms with E-state index >= 15 is 0 Å². The summed E-state index contributed by atoms with van der Waals surface area (Å²) in [5.74, 6) is 4.15. The van der Waals surface area contributed by atoms with Crippen LogP contribution >= 0.6 is 0 Å². The number of aryl methyl sites for hydroxylation is 1. The largest absolute Gasteiger partial charge is 0.0773 e. The van der Waals surface area contributed by atoms with Gasteiger partial charge in [0.1, 0.15) is 0 Å². The van der Waals surface area contributed by atoms with Crippen molar-refractivity contribution >= 4 is 39.4 Å². The van der Waals surface area contributed by atoms with Crippen LogP contribution in [0, 0.1) is 47.8 Å². The number of hydrogen-bond acceptors (Lipinski definition) is 0. The summed E-state index contributed by atoms with van der Waals surface area (Å²) in [6.45, 7) is 72.9. The van der Waals surface area contributed by atoms with Crippen LogP contribution in [-0.4, -0.2) is 16.1 Å². The molecular formula is C103H140Si2. The molecule has 0 heterocycles. The van der Waals surface area contributed by atoms with Gasteiger partial charge < -0.3 is 0 Å². The number of rotatable bonds is 8. The molecule has 0 nitrogen and oxygen atoms in total. The number of allylic oxidation sites excluding steroid dienone is 10. The molecule has 3 fully saturated rings. The molecule has 0 aromatic heterocycles. The maximum atomic E-state index is 2.88. The lowest BCUT2D eigenvalue weighted by atomic mass is 9.69. The van der Waals surface area contributed by atoms with Crippen LogP contribution in [0.1, 0.15) is 307 Å². The van der Waals surface area contributed by atoms with Crippen LogP contribution in [0.5, 0.6) is 0 Å². The molecule has 0 spiro atoms. The molecule has 10 unspecified atom stereocenters. The molecule has 0 bridgehead atoms. The Morgan fingerprint density at radius 2 is 0.800 bits per heavy atom. The summed E-state index contributed by atoms with van der Waals surface area (Å²) in [5, 5.41) is 0. The van der Waals surface area contributed by atoms with E-state index in [-0.39, 0.29) is 32.5 Å². The van der Waals surface area contributed by atoms with Crippen molar-refractivity contribution in [2.45, 2.75) is 313 Å². The fourth-order valence-corrected chi connectivity index (χ4v) is 34.4. The molecule has 14 rings (SSSR count). The van der Waals surface area contributed by atoms with Gasteiger partial charge in [0, 0.05) is 11.1 Å². The summed E-state index contributed by atoms with van der Waals surface area (Å²) in [4.78, 5) is 0. The van der Waals surface area contributed by atoms with Crippen LogP contribution in [0.15, 0.2) is 155 Å². The highest BCUT2D eigenvalue weighted by atomic mass is 28.3. The van der Waals surface area contributed by atoms with Gasteiger partial charge >= 0.3 is 0 Å². The average molecular weight is 1430 g/mol. The monoisotopic (exact) mass is 1430 g/mol. The SMILES string of the molecule is CC1=C(c2ccc(C(C)(C)C)cc2)C2CC(C)C([Si](C)(C)C3C(C)CC4C(c5ccc(C(C)(C)C)cc5)=C5CCCC5=CC43)C2C=C1C(C)(C)C.CC1=Cc2c(cc(C(C)(C)C)c(C)c2-c2ccc(C(C)(C)C)cc2)C1[Si](C)(C)C1C(C)=Cc2c1cc1c(c2-c2ccc(C(C)(C)C)cc2)CCC1.CCC. The van der Waals surface area contributed by atoms with Crippen LogP contribution in [0.25, 0.3) is 45.6 Å². The van der Waals surface area contributed by atoms with Gasteiger partial charge in [0.25, 0.3) is 0 Å². The predicted molar refractivity (Wildman–Crippen MR) is 469 cm³/mol. The predicted octanol–water partition coefficient (Wildman–Crippen LogP) is 30.2. The second kappa shape index (κ2) is 28.3. The first-order chi connectivity index (χ1) is 48.8. The quantitative estimate of drug-likeness (QED) is 0.133. The number of benzene rings is 6. The third kappa shape index (κ3) is 14.5. The highest BCUT2D eigenvalue weighted by Gasteiger charge is 2.60. The Hall–Kier alpha value is -5.81. The molecule has 0 radical (unpaired) electrons. The van der Waals surface area contributed by atoms with Crippen LogP contribution in [0.4, 0.5) is 0 Å². The molecule has 10 atom stereocenters. The van der Waals surface area contributed by atoms with Crippen molar-refractivity contribution in [3.8, 4) is 22.3 Å². The van der Waals surface area contributed by atoms with Crippen LogP contribution in [0.2, 0.25) is 37.3 Å². The zero-order valence-electron chi connectivity index (χ0n) is 71.8. The average Bonchev–Trinajstić information content (AvgIpc) is 1.58. The molecule has 3 saturated carbocycles. The minimum Gasteiger partial charge on any atom is -0.0773 e. The minimum absolute atomic E-state index is 0.0553. The lowest BCUT2D eigenvalue weighted by molar-refractivity contribution is 0.464. The summed E-state index contributed by atoms with van der Waals surface area (Å²) in [5.41, 5.74) is 43.3. The van der Waals surface area contributed by atoms with Gasteiger partial charge in [-0.3, -0.25) is 0 Å². The molecule has 6 aromatic rings. The molecule has 8 aliphatic carbocycles. The van der Waals surface area contributed by atoms with Crippen molar-refractivity contribution in [1.82, 2.24) is 0 Å². The molecule has 560 valence electrons. The van der Waals surface area contributed by atoms with Gasteiger partial charge in [-0.1, -0.05) is 330 Å². The van der Waals surface area contributed by atoms with Crippen molar-refractivity contribution in [2.24, 2.45) is 40.9 Å². The molecular weight excluding hydrogens is 1290 g/mol. The van der Waals surface area contributed by atoms with Gasteiger partial charge in [0.15, 0.2) is 0 Å². The number of hydrogen-bond donors (Lipinski definition) is 0. The normalized spacial score (nSPS) is 24.6. The van der Waals surface area contributed by atoms with E-state index < -0.39 is 16.1 Å². The van der Waals surface area contributed by atoms with E-state index in [4.69, 9.17) is 0 Å². The summed E-state index contributed by atoms with van der Waals surface area (Å²) in [6.07, 6.45) is 22.4. The van der Waals surface area contributed by atoms with E-state index in [1.54, 1.807) is 66.8 Å². The third-order valence-corrected chi connectivity index (χ3v) is 37.4. The summed E-state index contributed by atoms with van der Waals surface area (Å²) in [7, 11) is -3.85. The van der Waals surface area contributed by atoms with E-state index in [0.717, 1.165) is 22.9 Å². The van der Waals surface area contributed by atoms with Crippen molar-refractivity contribution in [3.63, 3.8) is 0 Å². The smallest absolute Gasteiger partial charge is 0.0722 e. The molecule has 0 saturated heterocycles. The molecule has 0 aliphatic heterocycles. The Morgan fingerprint density at radius 1 is 0.410 bits per heavy atom. The van der Waals surface area contributed by atoms with Crippen molar-refractivity contribution < 1.29 is 0 Å². The zero-order chi connectivity index (χ0) is 76.7. The second-order valence-corrected chi connectivity index (χ2v) is 52.2. The van der Waals surface area contributed by atoms with E-state index in [1.165, 1.54) is 136 Å². The number of fused-ring (bicyclic) bond motifs is 6.